The molecule has 0 fully saturated rings. The van der Waals surface area contributed by atoms with E-state index < -0.39 is 5.82 Å². The minimum atomic E-state index is -0.399. The number of halogens is 1. The Labute approximate surface area is 132 Å². The molecule has 0 bridgehead atoms. The average Bonchev–Trinajstić information content (AvgIpc) is 2.49. The van der Waals surface area contributed by atoms with E-state index in [-0.39, 0.29) is 5.56 Å². The van der Waals surface area contributed by atoms with E-state index in [2.05, 4.69) is 10.3 Å². The van der Waals surface area contributed by atoms with Crippen LogP contribution in [-0.2, 0) is 6.54 Å². The van der Waals surface area contributed by atoms with E-state index in [1.54, 1.807) is 4.57 Å². The smallest absolute Gasteiger partial charge is 0.252 e. The lowest BCUT2D eigenvalue weighted by Crippen LogP contribution is -2.17. The summed E-state index contributed by atoms with van der Waals surface area (Å²) in [6.07, 6.45) is 0.821. The van der Waals surface area contributed by atoms with Gasteiger partial charge >= 0.3 is 0 Å². The molecule has 0 saturated heterocycles. The van der Waals surface area contributed by atoms with E-state index in [0.29, 0.717) is 28.3 Å². The molecule has 5 nitrogen and oxygen atoms in total. The lowest BCUT2D eigenvalue weighted by molar-refractivity contribution is 0.414. The monoisotopic (exact) mass is 323 g/mol. The maximum atomic E-state index is 13.6. The molecule has 1 heterocycles. The highest BCUT2D eigenvalue weighted by Crippen LogP contribution is 2.30. The van der Waals surface area contributed by atoms with E-state index in [9.17, 15) is 9.18 Å². The van der Waals surface area contributed by atoms with Gasteiger partial charge in [-0.15, -0.1) is 0 Å². The zero-order valence-corrected chi connectivity index (χ0v) is 13.3. The Hall–Kier alpha value is -1.99. The van der Waals surface area contributed by atoms with E-state index in [1.165, 1.54) is 31.4 Å². The van der Waals surface area contributed by atoms with Crippen LogP contribution in [0.2, 0.25) is 0 Å². The van der Waals surface area contributed by atoms with E-state index >= 15 is 0 Å². The van der Waals surface area contributed by atoms with Crippen molar-refractivity contribution in [3.8, 4) is 17.0 Å². The first-order valence-corrected chi connectivity index (χ1v) is 7.30. The van der Waals surface area contributed by atoms with Gasteiger partial charge in [-0.05, 0) is 50.4 Å². The van der Waals surface area contributed by atoms with Gasteiger partial charge in [0.15, 0.2) is 4.77 Å². The molecule has 0 radical (unpaired) electrons. The largest absolute Gasteiger partial charge is 0.496 e. The molecule has 0 aliphatic heterocycles. The highest BCUT2D eigenvalue weighted by atomic mass is 32.1. The number of hydrogen-bond donors (Lipinski definition) is 2. The number of hydrogen-bond acceptors (Lipinski definition) is 4. The molecule has 0 spiro atoms. The standard InChI is InChI=1S/C15H18FN3O2S/c1-17-6-3-7-19-12(9-14(20)18-15(19)22)11-8-10(16)4-5-13(11)21-2/h4-5,8-9,17H,3,6-7H2,1-2H3,(H,18,20,22). The van der Waals surface area contributed by atoms with Gasteiger partial charge in [0.2, 0.25) is 0 Å². The van der Waals surface area contributed by atoms with Crippen molar-refractivity contribution in [2.24, 2.45) is 0 Å². The van der Waals surface area contributed by atoms with Crippen LogP contribution in [0.3, 0.4) is 0 Å². The molecular formula is C15H18FN3O2S. The third kappa shape index (κ3) is 3.61. The highest BCUT2D eigenvalue weighted by molar-refractivity contribution is 7.71. The van der Waals surface area contributed by atoms with E-state index in [4.69, 9.17) is 17.0 Å². The summed E-state index contributed by atoms with van der Waals surface area (Å²) in [6.45, 7) is 1.41. The second-order valence-corrected chi connectivity index (χ2v) is 5.16. The quantitative estimate of drug-likeness (QED) is 0.633. The van der Waals surface area contributed by atoms with Gasteiger partial charge in [-0.1, -0.05) is 0 Å². The first kappa shape index (κ1) is 16.4. The molecule has 1 aromatic heterocycles. The Morgan fingerprint density at radius 2 is 2.18 bits per heavy atom. The van der Waals surface area contributed by atoms with Crippen molar-refractivity contribution < 1.29 is 9.13 Å². The zero-order valence-electron chi connectivity index (χ0n) is 12.5. The summed E-state index contributed by atoms with van der Waals surface area (Å²) in [5, 5.41) is 3.06. The molecule has 2 aromatic rings. The number of nitrogens with zero attached hydrogens (tertiary/aromatic N) is 1. The predicted octanol–water partition coefficient (Wildman–Crippen LogP) is 2.33. The molecule has 0 amide bonds. The Morgan fingerprint density at radius 1 is 1.41 bits per heavy atom. The molecular weight excluding hydrogens is 305 g/mol. The highest BCUT2D eigenvalue weighted by Gasteiger charge is 2.13. The topological polar surface area (TPSA) is 59.1 Å². The molecule has 2 N–H and O–H groups in total. The van der Waals surface area contributed by atoms with E-state index in [1.807, 2.05) is 7.05 Å². The number of benzene rings is 1. The van der Waals surface area contributed by atoms with Crippen LogP contribution >= 0.6 is 12.2 Å². The zero-order chi connectivity index (χ0) is 16.1. The second-order valence-electron chi connectivity index (χ2n) is 4.78. The number of methoxy groups -OCH3 is 1. The summed E-state index contributed by atoms with van der Waals surface area (Å²) in [4.78, 5) is 14.4. The molecule has 0 unspecified atom stereocenters. The molecule has 0 aliphatic carbocycles. The van der Waals surface area contributed by atoms with Crippen molar-refractivity contribution in [1.82, 2.24) is 14.9 Å². The lowest BCUT2D eigenvalue weighted by Gasteiger charge is -2.16. The predicted molar refractivity (Wildman–Crippen MR) is 86.4 cm³/mol. The van der Waals surface area contributed by atoms with Crippen molar-refractivity contribution in [2.75, 3.05) is 20.7 Å². The van der Waals surface area contributed by atoms with Crippen molar-refractivity contribution in [1.29, 1.82) is 0 Å². The molecule has 0 atom stereocenters. The van der Waals surface area contributed by atoms with Crippen molar-refractivity contribution >= 4 is 12.2 Å². The molecule has 118 valence electrons. The Morgan fingerprint density at radius 3 is 2.86 bits per heavy atom. The molecule has 2 rings (SSSR count). The fraction of sp³-hybridized carbons (Fsp3) is 0.333. The van der Waals surface area contributed by atoms with Crippen molar-refractivity contribution in [3.05, 3.63) is 45.2 Å². The first-order valence-electron chi connectivity index (χ1n) is 6.89. The minimum Gasteiger partial charge on any atom is -0.496 e. The van der Waals surface area contributed by atoms with Gasteiger partial charge in [0.25, 0.3) is 5.56 Å². The number of nitrogens with one attached hydrogen (secondary N) is 2. The normalized spacial score (nSPS) is 10.7. The molecule has 22 heavy (non-hydrogen) atoms. The first-order chi connectivity index (χ1) is 10.6. The fourth-order valence-electron chi connectivity index (χ4n) is 2.26. The number of H-pyrrole nitrogens is 1. The Kier molecular flexibility index (Phi) is 5.46. The molecule has 1 aromatic carbocycles. The van der Waals surface area contributed by atoms with E-state index in [0.717, 1.165) is 13.0 Å². The van der Waals surface area contributed by atoms with Gasteiger partial charge in [-0.3, -0.25) is 9.78 Å². The Bertz CT molecular complexity index is 770. The molecule has 0 aliphatic rings. The average molecular weight is 323 g/mol. The summed E-state index contributed by atoms with van der Waals surface area (Å²) < 4.78 is 21.0. The maximum absolute atomic E-state index is 13.6. The van der Waals surface area contributed by atoms with Crippen LogP contribution in [0.25, 0.3) is 11.3 Å². The summed E-state index contributed by atoms with van der Waals surface area (Å²) in [5.74, 6) is 0.0903. The summed E-state index contributed by atoms with van der Waals surface area (Å²) >= 11 is 5.24. The van der Waals surface area contributed by atoms with Gasteiger partial charge < -0.3 is 14.6 Å². The fourth-order valence-corrected chi connectivity index (χ4v) is 2.55. The van der Waals surface area contributed by atoms with Gasteiger partial charge in [0, 0.05) is 18.2 Å². The summed E-state index contributed by atoms with van der Waals surface area (Å²) in [5.41, 5.74) is 0.724. The van der Waals surface area contributed by atoms with Gasteiger partial charge in [0.1, 0.15) is 11.6 Å². The van der Waals surface area contributed by atoms with Gasteiger partial charge in [-0.2, -0.15) is 0 Å². The number of aromatic nitrogens is 2. The number of aromatic amines is 1. The third-order valence-electron chi connectivity index (χ3n) is 3.28. The van der Waals surface area contributed by atoms with Crippen LogP contribution in [0.1, 0.15) is 6.42 Å². The second kappa shape index (κ2) is 7.33. The van der Waals surface area contributed by atoms with Crippen molar-refractivity contribution in [3.63, 3.8) is 0 Å². The SMILES string of the molecule is CNCCCn1c(-c2cc(F)ccc2OC)cc(=O)[nH]c1=S. The van der Waals surface area contributed by atoms with Crippen LogP contribution in [0.15, 0.2) is 29.1 Å². The van der Waals surface area contributed by atoms with Crippen LogP contribution < -0.4 is 15.6 Å². The van der Waals surface area contributed by atoms with Crippen LogP contribution in [0, 0.1) is 10.6 Å². The van der Waals surface area contributed by atoms with Gasteiger partial charge in [-0.25, -0.2) is 4.39 Å². The summed E-state index contributed by atoms with van der Waals surface area (Å²) in [6, 6.07) is 5.60. The minimum absolute atomic E-state index is 0.310. The van der Waals surface area contributed by atoms with Gasteiger partial charge in [0.05, 0.1) is 12.8 Å². The lowest BCUT2D eigenvalue weighted by atomic mass is 10.1. The number of rotatable bonds is 6. The van der Waals surface area contributed by atoms with Crippen LogP contribution in [0.4, 0.5) is 4.39 Å². The van der Waals surface area contributed by atoms with Crippen molar-refractivity contribution in [2.45, 2.75) is 13.0 Å². The number of ether oxygens (including phenoxy) is 1. The Balaban J connectivity index is 2.61. The third-order valence-corrected chi connectivity index (χ3v) is 3.60. The van der Waals surface area contributed by atoms with Crippen LogP contribution in [0.5, 0.6) is 5.75 Å². The maximum Gasteiger partial charge on any atom is 0.252 e. The molecule has 0 saturated carbocycles. The molecule has 7 heteroatoms. The van der Waals surface area contributed by atoms with Crippen LogP contribution in [-0.4, -0.2) is 30.3 Å². The summed E-state index contributed by atoms with van der Waals surface area (Å²) in [7, 11) is 3.37.